The first-order valence-corrected chi connectivity index (χ1v) is 7.85. The number of benzene rings is 1. The van der Waals surface area contributed by atoms with Crippen LogP contribution in [-0.2, 0) is 11.3 Å². The van der Waals surface area contributed by atoms with E-state index in [4.69, 9.17) is 16.3 Å². The van der Waals surface area contributed by atoms with E-state index in [0.29, 0.717) is 13.2 Å². The summed E-state index contributed by atoms with van der Waals surface area (Å²) >= 11 is 6.42. The highest BCUT2D eigenvalue weighted by Crippen LogP contribution is 2.31. The molecule has 118 valence electrons. The fourth-order valence-corrected chi connectivity index (χ4v) is 3.07. The van der Waals surface area contributed by atoms with Crippen LogP contribution in [0.4, 0.5) is 5.69 Å². The van der Waals surface area contributed by atoms with Gasteiger partial charge in [0.25, 0.3) is 0 Å². The van der Waals surface area contributed by atoms with Gasteiger partial charge in [-0.1, -0.05) is 17.7 Å². The SMILES string of the molecule is COCCNCc1ccc(N2CCCC(C)(O)C2)c(Cl)c1. The van der Waals surface area contributed by atoms with Crippen molar-refractivity contribution < 1.29 is 9.84 Å². The summed E-state index contributed by atoms with van der Waals surface area (Å²) in [5.41, 5.74) is 1.54. The van der Waals surface area contributed by atoms with Gasteiger partial charge in [-0.3, -0.25) is 0 Å². The molecule has 1 unspecified atom stereocenters. The Labute approximate surface area is 132 Å². The van der Waals surface area contributed by atoms with Gasteiger partial charge in [0.1, 0.15) is 0 Å². The van der Waals surface area contributed by atoms with Gasteiger partial charge in [-0.05, 0) is 37.5 Å². The number of methoxy groups -OCH3 is 1. The van der Waals surface area contributed by atoms with Gasteiger partial charge in [-0.15, -0.1) is 0 Å². The maximum Gasteiger partial charge on any atom is 0.0794 e. The molecule has 1 aliphatic heterocycles. The molecule has 0 spiro atoms. The van der Waals surface area contributed by atoms with E-state index < -0.39 is 5.60 Å². The van der Waals surface area contributed by atoms with Gasteiger partial charge < -0.3 is 20.1 Å². The normalized spacial score (nSPS) is 22.6. The predicted octanol–water partition coefficient (Wildman–Crippen LogP) is 2.43. The maximum atomic E-state index is 10.2. The molecule has 1 atom stereocenters. The number of nitrogens with zero attached hydrogens (tertiary/aromatic N) is 1. The third-order valence-electron chi connectivity index (χ3n) is 3.84. The number of rotatable bonds is 6. The maximum absolute atomic E-state index is 10.2. The summed E-state index contributed by atoms with van der Waals surface area (Å²) in [6.07, 6.45) is 1.84. The summed E-state index contributed by atoms with van der Waals surface area (Å²) < 4.78 is 5.00. The standard InChI is InChI=1S/C16H25ClN2O2/c1-16(20)6-3-8-19(12-16)15-5-4-13(10-14(15)17)11-18-7-9-21-2/h4-5,10,18,20H,3,6-9,11-12H2,1-2H3. The Morgan fingerprint density at radius 2 is 2.29 bits per heavy atom. The van der Waals surface area contributed by atoms with Crippen LogP contribution in [-0.4, -0.2) is 44.1 Å². The molecule has 1 aliphatic rings. The van der Waals surface area contributed by atoms with Crippen molar-refractivity contribution in [3.8, 4) is 0 Å². The average Bonchev–Trinajstić information content (AvgIpc) is 2.42. The van der Waals surface area contributed by atoms with E-state index in [1.54, 1.807) is 7.11 Å². The third kappa shape index (κ3) is 4.85. The molecule has 0 amide bonds. The van der Waals surface area contributed by atoms with Crippen molar-refractivity contribution in [3.63, 3.8) is 0 Å². The molecule has 2 N–H and O–H groups in total. The number of β-amino-alcohol motifs (C(OH)–C–C–N with tert-alkyl or cyclic N) is 1. The zero-order valence-corrected chi connectivity index (χ0v) is 13.6. The molecule has 5 heteroatoms. The van der Waals surface area contributed by atoms with Crippen molar-refractivity contribution in [2.75, 3.05) is 38.3 Å². The van der Waals surface area contributed by atoms with Crippen LogP contribution in [0.1, 0.15) is 25.3 Å². The number of piperidine rings is 1. The number of anilines is 1. The molecule has 0 radical (unpaired) electrons. The molecule has 21 heavy (non-hydrogen) atoms. The minimum atomic E-state index is -0.623. The lowest BCUT2D eigenvalue weighted by Crippen LogP contribution is -2.46. The minimum Gasteiger partial charge on any atom is -0.388 e. The van der Waals surface area contributed by atoms with Gasteiger partial charge in [-0.25, -0.2) is 0 Å². The smallest absolute Gasteiger partial charge is 0.0794 e. The van der Waals surface area contributed by atoms with Crippen LogP contribution in [0, 0.1) is 0 Å². The molecule has 1 saturated heterocycles. The lowest BCUT2D eigenvalue weighted by Gasteiger charge is -2.38. The van der Waals surface area contributed by atoms with Crippen molar-refractivity contribution >= 4 is 17.3 Å². The zero-order chi connectivity index (χ0) is 15.3. The molecule has 4 nitrogen and oxygen atoms in total. The van der Waals surface area contributed by atoms with E-state index in [9.17, 15) is 5.11 Å². The second-order valence-corrected chi connectivity index (χ2v) is 6.38. The highest BCUT2D eigenvalue weighted by atomic mass is 35.5. The second-order valence-electron chi connectivity index (χ2n) is 5.98. The van der Waals surface area contributed by atoms with Crippen LogP contribution in [0.25, 0.3) is 0 Å². The van der Waals surface area contributed by atoms with Crippen molar-refractivity contribution in [2.24, 2.45) is 0 Å². The predicted molar refractivity (Wildman–Crippen MR) is 87.1 cm³/mol. The Kier molecular flexibility index (Phi) is 5.88. The largest absolute Gasteiger partial charge is 0.388 e. The van der Waals surface area contributed by atoms with E-state index in [1.807, 2.05) is 13.0 Å². The molecule has 1 aromatic carbocycles. The van der Waals surface area contributed by atoms with E-state index >= 15 is 0 Å². The van der Waals surface area contributed by atoms with E-state index in [0.717, 1.165) is 48.7 Å². The summed E-state index contributed by atoms with van der Waals surface area (Å²) in [7, 11) is 1.70. The molecule has 0 aromatic heterocycles. The van der Waals surface area contributed by atoms with Crippen molar-refractivity contribution in [3.05, 3.63) is 28.8 Å². The molecule has 1 aromatic rings. The summed E-state index contributed by atoms with van der Waals surface area (Å²) in [4.78, 5) is 2.17. The Balaban J connectivity index is 1.98. The lowest BCUT2D eigenvalue weighted by molar-refractivity contribution is 0.0449. The van der Waals surface area contributed by atoms with Crippen molar-refractivity contribution in [1.82, 2.24) is 5.32 Å². The van der Waals surface area contributed by atoms with E-state index in [2.05, 4.69) is 22.3 Å². The van der Waals surface area contributed by atoms with Crippen LogP contribution < -0.4 is 10.2 Å². The highest BCUT2D eigenvalue weighted by molar-refractivity contribution is 6.33. The first kappa shape index (κ1) is 16.6. The average molecular weight is 313 g/mol. The van der Waals surface area contributed by atoms with Gasteiger partial charge in [-0.2, -0.15) is 0 Å². The number of nitrogens with one attached hydrogen (secondary N) is 1. The molecule has 0 saturated carbocycles. The molecule has 0 aliphatic carbocycles. The van der Waals surface area contributed by atoms with Crippen molar-refractivity contribution in [2.45, 2.75) is 31.9 Å². The number of hydrogen-bond acceptors (Lipinski definition) is 4. The fraction of sp³-hybridized carbons (Fsp3) is 0.625. The lowest BCUT2D eigenvalue weighted by atomic mass is 9.94. The van der Waals surface area contributed by atoms with Crippen LogP contribution in [0.3, 0.4) is 0 Å². The van der Waals surface area contributed by atoms with Crippen LogP contribution >= 0.6 is 11.6 Å². The molecule has 1 heterocycles. The molecule has 2 rings (SSSR count). The quantitative estimate of drug-likeness (QED) is 0.792. The molecule has 1 fully saturated rings. The van der Waals surface area contributed by atoms with Gasteiger partial charge in [0.2, 0.25) is 0 Å². The molecule has 0 bridgehead atoms. The Bertz CT molecular complexity index is 466. The Morgan fingerprint density at radius 3 is 2.95 bits per heavy atom. The molecular formula is C16H25ClN2O2. The summed E-state index contributed by atoms with van der Waals surface area (Å²) in [6, 6.07) is 6.14. The first-order valence-electron chi connectivity index (χ1n) is 7.47. The summed E-state index contributed by atoms with van der Waals surface area (Å²) in [6.45, 7) is 5.78. The topological polar surface area (TPSA) is 44.7 Å². The number of hydrogen-bond donors (Lipinski definition) is 2. The van der Waals surface area contributed by atoms with Crippen molar-refractivity contribution in [1.29, 1.82) is 0 Å². The van der Waals surface area contributed by atoms with Crippen LogP contribution in [0.15, 0.2) is 18.2 Å². The van der Waals surface area contributed by atoms with Gasteiger partial charge in [0.15, 0.2) is 0 Å². The minimum absolute atomic E-state index is 0.623. The van der Waals surface area contributed by atoms with Crippen LogP contribution in [0.5, 0.6) is 0 Å². The van der Waals surface area contributed by atoms with Gasteiger partial charge >= 0.3 is 0 Å². The van der Waals surface area contributed by atoms with E-state index in [1.165, 1.54) is 0 Å². The van der Waals surface area contributed by atoms with Gasteiger partial charge in [0, 0.05) is 33.3 Å². The number of halogens is 1. The highest BCUT2D eigenvalue weighted by Gasteiger charge is 2.29. The fourth-order valence-electron chi connectivity index (χ4n) is 2.75. The third-order valence-corrected chi connectivity index (χ3v) is 4.14. The van der Waals surface area contributed by atoms with Gasteiger partial charge in [0.05, 0.1) is 22.9 Å². The zero-order valence-electron chi connectivity index (χ0n) is 12.9. The second kappa shape index (κ2) is 7.45. The number of ether oxygens (including phenoxy) is 1. The Hall–Kier alpha value is -0.810. The summed E-state index contributed by atoms with van der Waals surface area (Å²) in [5.74, 6) is 0. The number of aliphatic hydroxyl groups is 1. The van der Waals surface area contributed by atoms with Crippen LogP contribution in [0.2, 0.25) is 5.02 Å². The van der Waals surface area contributed by atoms with E-state index in [-0.39, 0.29) is 0 Å². The Morgan fingerprint density at radius 1 is 1.48 bits per heavy atom. The monoisotopic (exact) mass is 312 g/mol. The summed E-state index contributed by atoms with van der Waals surface area (Å²) in [5, 5.41) is 14.3. The molecular weight excluding hydrogens is 288 g/mol. The first-order chi connectivity index (χ1) is 10.0.